The molecule has 0 bridgehead atoms. The van der Waals surface area contributed by atoms with E-state index in [1.807, 2.05) is 32.0 Å². The molecule has 0 saturated heterocycles. The Morgan fingerprint density at radius 1 is 1.41 bits per heavy atom. The van der Waals surface area contributed by atoms with Gasteiger partial charge >= 0.3 is 0 Å². The minimum atomic E-state index is -0.990. The van der Waals surface area contributed by atoms with Gasteiger partial charge in [0.25, 0.3) is 5.91 Å². The molecule has 6 nitrogen and oxygen atoms in total. The van der Waals surface area contributed by atoms with E-state index in [0.717, 1.165) is 12.0 Å². The molecule has 2 rings (SSSR count). The first-order chi connectivity index (χ1) is 10.5. The molecule has 3 atom stereocenters. The standard InChI is InChI=1S/C16H24N2O4/c1-3-12(17)10-5-6-15-13(7-10)18(8-11(20)9-19)16(21)14(4-2)22-15/h5-7,11-12,14,19-20H,3-4,8-9,17H2,1-2H3. The molecule has 0 aliphatic carbocycles. The molecular weight excluding hydrogens is 284 g/mol. The van der Waals surface area contributed by atoms with Gasteiger partial charge in [0, 0.05) is 6.04 Å². The second-order valence-electron chi connectivity index (χ2n) is 5.54. The second kappa shape index (κ2) is 7.09. The van der Waals surface area contributed by atoms with E-state index in [2.05, 4.69) is 0 Å². The minimum absolute atomic E-state index is 0.0347. The van der Waals surface area contributed by atoms with Gasteiger partial charge in [-0.3, -0.25) is 4.79 Å². The maximum absolute atomic E-state index is 12.5. The third-order valence-electron chi connectivity index (χ3n) is 3.93. The molecule has 1 aromatic rings. The van der Waals surface area contributed by atoms with Gasteiger partial charge < -0.3 is 25.6 Å². The van der Waals surface area contributed by atoms with Crippen molar-refractivity contribution in [1.82, 2.24) is 0 Å². The van der Waals surface area contributed by atoms with Crippen LogP contribution in [0.15, 0.2) is 18.2 Å². The molecule has 6 heteroatoms. The third-order valence-corrected chi connectivity index (χ3v) is 3.93. The molecule has 1 heterocycles. The Kier molecular flexibility index (Phi) is 5.39. The number of fused-ring (bicyclic) bond motifs is 1. The van der Waals surface area contributed by atoms with Gasteiger partial charge in [-0.15, -0.1) is 0 Å². The summed E-state index contributed by atoms with van der Waals surface area (Å²) in [4.78, 5) is 14.0. The minimum Gasteiger partial charge on any atom is -0.478 e. The Labute approximate surface area is 130 Å². The number of ether oxygens (including phenoxy) is 1. The van der Waals surface area contributed by atoms with Gasteiger partial charge in [0.05, 0.1) is 24.9 Å². The molecule has 4 N–H and O–H groups in total. The highest BCUT2D eigenvalue weighted by Crippen LogP contribution is 2.37. The summed E-state index contributed by atoms with van der Waals surface area (Å²) in [6.45, 7) is 3.50. The van der Waals surface area contributed by atoms with E-state index in [1.54, 1.807) is 0 Å². The summed E-state index contributed by atoms with van der Waals surface area (Å²) in [5.41, 5.74) is 7.57. The number of hydrogen-bond donors (Lipinski definition) is 3. The van der Waals surface area contributed by atoms with Crippen LogP contribution in [0.1, 0.15) is 38.3 Å². The topological polar surface area (TPSA) is 96.0 Å². The Bertz CT molecular complexity index is 535. The largest absolute Gasteiger partial charge is 0.478 e. The molecule has 3 unspecified atom stereocenters. The van der Waals surface area contributed by atoms with E-state index in [-0.39, 0.29) is 18.5 Å². The Morgan fingerprint density at radius 2 is 2.14 bits per heavy atom. The van der Waals surface area contributed by atoms with Gasteiger partial charge in [-0.25, -0.2) is 0 Å². The highest BCUT2D eigenvalue weighted by atomic mass is 16.5. The fourth-order valence-corrected chi connectivity index (χ4v) is 2.52. The van der Waals surface area contributed by atoms with Crippen LogP contribution in [0.5, 0.6) is 5.75 Å². The van der Waals surface area contributed by atoms with Crippen molar-refractivity contribution < 1.29 is 19.7 Å². The van der Waals surface area contributed by atoms with Crippen molar-refractivity contribution in [3.05, 3.63) is 23.8 Å². The molecule has 1 amide bonds. The van der Waals surface area contributed by atoms with Crippen LogP contribution in [0.4, 0.5) is 5.69 Å². The summed E-state index contributed by atoms with van der Waals surface area (Å²) < 4.78 is 5.73. The van der Waals surface area contributed by atoms with Gasteiger partial charge in [-0.1, -0.05) is 19.9 Å². The summed E-state index contributed by atoms with van der Waals surface area (Å²) in [7, 11) is 0. The van der Waals surface area contributed by atoms with Gasteiger partial charge in [0.15, 0.2) is 6.10 Å². The molecule has 1 aliphatic rings. The van der Waals surface area contributed by atoms with E-state index >= 15 is 0 Å². The van der Waals surface area contributed by atoms with Gasteiger partial charge in [-0.2, -0.15) is 0 Å². The monoisotopic (exact) mass is 308 g/mol. The Hall–Kier alpha value is -1.63. The van der Waals surface area contributed by atoms with Crippen LogP contribution in [0.3, 0.4) is 0 Å². The highest BCUT2D eigenvalue weighted by Gasteiger charge is 2.34. The van der Waals surface area contributed by atoms with Crippen LogP contribution in [0.2, 0.25) is 0 Å². The molecule has 0 spiro atoms. The number of carbonyl (C=O) groups excluding carboxylic acids is 1. The van der Waals surface area contributed by atoms with Crippen molar-refractivity contribution in [3.63, 3.8) is 0 Å². The summed E-state index contributed by atoms with van der Waals surface area (Å²) in [5.74, 6) is 0.397. The average Bonchev–Trinajstić information content (AvgIpc) is 2.55. The molecule has 0 fully saturated rings. The molecule has 0 aromatic heterocycles. The lowest BCUT2D eigenvalue weighted by atomic mass is 10.0. The molecule has 122 valence electrons. The quantitative estimate of drug-likeness (QED) is 0.727. The van der Waals surface area contributed by atoms with Crippen LogP contribution in [-0.2, 0) is 4.79 Å². The zero-order chi connectivity index (χ0) is 16.3. The number of aliphatic hydroxyl groups is 2. The number of nitrogens with two attached hydrogens (primary N) is 1. The SMILES string of the molecule is CCC1Oc2ccc(C(N)CC)cc2N(CC(O)CO)C1=O. The maximum Gasteiger partial charge on any atom is 0.268 e. The van der Waals surface area contributed by atoms with Gasteiger partial charge in [-0.05, 0) is 30.5 Å². The fourth-order valence-electron chi connectivity index (χ4n) is 2.52. The maximum atomic E-state index is 12.5. The Balaban J connectivity index is 2.41. The van der Waals surface area contributed by atoms with Crippen LogP contribution >= 0.6 is 0 Å². The van der Waals surface area contributed by atoms with Crippen molar-refractivity contribution in [3.8, 4) is 5.75 Å². The number of nitrogens with zero attached hydrogens (tertiary/aromatic N) is 1. The average molecular weight is 308 g/mol. The summed E-state index contributed by atoms with van der Waals surface area (Å²) in [6, 6.07) is 5.43. The lowest BCUT2D eigenvalue weighted by Gasteiger charge is -2.35. The summed E-state index contributed by atoms with van der Waals surface area (Å²) in [6.07, 6.45) is -0.231. The molecule has 0 saturated carbocycles. The number of β-amino-alcohol motifs (C(OH)–C–C–N with tert-alkyl or cyclic N) is 1. The first-order valence-corrected chi connectivity index (χ1v) is 7.68. The van der Waals surface area contributed by atoms with Crippen LogP contribution < -0.4 is 15.4 Å². The molecule has 22 heavy (non-hydrogen) atoms. The van der Waals surface area contributed by atoms with E-state index in [1.165, 1.54) is 4.90 Å². The molecule has 0 radical (unpaired) electrons. The zero-order valence-electron chi connectivity index (χ0n) is 13.0. The van der Waals surface area contributed by atoms with Crippen molar-refractivity contribution in [2.75, 3.05) is 18.1 Å². The second-order valence-corrected chi connectivity index (χ2v) is 5.54. The smallest absolute Gasteiger partial charge is 0.268 e. The Morgan fingerprint density at radius 3 is 2.73 bits per heavy atom. The van der Waals surface area contributed by atoms with E-state index in [4.69, 9.17) is 15.6 Å². The predicted octanol–water partition coefficient (Wildman–Crippen LogP) is 0.954. The number of aliphatic hydroxyl groups excluding tert-OH is 2. The van der Waals surface area contributed by atoms with Crippen molar-refractivity contribution in [2.45, 2.75) is 44.9 Å². The first-order valence-electron chi connectivity index (χ1n) is 7.68. The first kappa shape index (κ1) is 16.7. The highest BCUT2D eigenvalue weighted by molar-refractivity contribution is 6.00. The number of carbonyl (C=O) groups is 1. The van der Waals surface area contributed by atoms with Crippen molar-refractivity contribution >= 4 is 11.6 Å². The third kappa shape index (κ3) is 3.24. The van der Waals surface area contributed by atoms with Crippen molar-refractivity contribution in [2.24, 2.45) is 5.73 Å². The normalized spacial score (nSPS) is 20.3. The van der Waals surface area contributed by atoms with E-state index in [0.29, 0.717) is 17.9 Å². The van der Waals surface area contributed by atoms with Crippen molar-refractivity contribution in [1.29, 1.82) is 0 Å². The fraction of sp³-hybridized carbons (Fsp3) is 0.562. The number of hydrogen-bond acceptors (Lipinski definition) is 5. The van der Waals surface area contributed by atoms with Crippen LogP contribution in [0.25, 0.3) is 0 Å². The molecule has 1 aliphatic heterocycles. The number of benzene rings is 1. The number of anilines is 1. The van der Waals surface area contributed by atoms with Crippen LogP contribution in [-0.4, -0.2) is 41.5 Å². The van der Waals surface area contributed by atoms with Crippen LogP contribution in [0, 0.1) is 0 Å². The summed E-state index contributed by atoms with van der Waals surface area (Å²) >= 11 is 0. The zero-order valence-corrected chi connectivity index (χ0v) is 13.0. The van der Waals surface area contributed by atoms with E-state index in [9.17, 15) is 9.90 Å². The lowest BCUT2D eigenvalue weighted by molar-refractivity contribution is -0.126. The lowest BCUT2D eigenvalue weighted by Crippen LogP contribution is -2.49. The van der Waals surface area contributed by atoms with Gasteiger partial charge in [0.1, 0.15) is 5.75 Å². The van der Waals surface area contributed by atoms with E-state index < -0.39 is 18.8 Å². The van der Waals surface area contributed by atoms with Gasteiger partial charge in [0.2, 0.25) is 0 Å². The molecular formula is C16H24N2O4. The molecule has 1 aromatic carbocycles. The number of amides is 1. The summed E-state index contributed by atoms with van der Waals surface area (Å²) in [5, 5.41) is 18.8. The number of rotatable bonds is 6. The predicted molar refractivity (Wildman–Crippen MR) is 83.8 cm³/mol.